The van der Waals surface area contributed by atoms with Crippen molar-refractivity contribution in [3.8, 4) is 11.3 Å². The minimum absolute atomic E-state index is 0.572. The number of anilines is 1. The summed E-state index contributed by atoms with van der Waals surface area (Å²) in [5, 5.41) is 12.1. The van der Waals surface area contributed by atoms with Crippen molar-refractivity contribution in [3.05, 3.63) is 64.2 Å². The van der Waals surface area contributed by atoms with E-state index in [1.165, 1.54) is 12.1 Å². The lowest BCUT2D eigenvalue weighted by Gasteiger charge is -2.29. The van der Waals surface area contributed by atoms with Gasteiger partial charge in [0.25, 0.3) is 0 Å². The molecule has 0 bridgehead atoms. The number of rotatable bonds is 5. The van der Waals surface area contributed by atoms with E-state index >= 15 is 0 Å². The van der Waals surface area contributed by atoms with Crippen LogP contribution in [0.15, 0.2) is 69.7 Å². The van der Waals surface area contributed by atoms with Gasteiger partial charge in [-0.25, -0.2) is 4.98 Å². The van der Waals surface area contributed by atoms with Crippen LogP contribution in [-0.2, 0) is 6.54 Å². The number of nitrogens with zero attached hydrogens (tertiary/aromatic N) is 4. The summed E-state index contributed by atoms with van der Waals surface area (Å²) in [5.41, 5.74) is 4.27. The Kier molecular flexibility index (Phi) is 5.78. The second kappa shape index (κ2) is 8.62. The van der Waals surface area contributed by atoms with Gasteiger partial charge in [-0.2, -0.15) is 10.2 Å². The summed E-state index contributed by atoms with van der Waals surface area (Å²) in [4.78, 5) is 6.37. The fraction of sp³-hybridized carbons (Fsp3) is 0.250. The topological polar surface area (TPSA) is 66.0 Å². The van der Waals surface area contributed by atoms with Crippen LogP contribution in [0.3, 0.4) is 0 Å². The van der Waals surface area contributed by atoms with Gasteiger partial charge in [-0.05, 0) is 58.5 Å². The summed E-state index contributed by atoms with van der Waals surface area (Å²) in [5.74, 6) is 0.757. The van der Waals surface area contributed by atoms with Gasteiger partial charge in [-0.15, -0.1) is 0 Å². The van der Waals surface area contributed by atoms with E-state index in [0.29, 0.717) is 6.54 Å². The van der Waals surface area contributed by atoms with E-state index in [9.17, 15) is 0 Å². The number of hydrogen-bond acceptors (Lipinski definition) is 6. The summed E-state index contributed by atoms with van der Waals surface area (Å²) in [6.07, 6.45) is 3.15. The smallest absolute Gasteiger partial charge is 0.181 e. The maximum atomic E-state index is 5.36. The maximum Gasteiger partial charge on any atom is 0.181 e. The quantitative estimate of drug-likeness (QED) is 0.433. The Morgan fingerprint density at radius 1 is 1.11 bits per heavy atom. The molecule has 1 saturated heterocycles. The largest absolute Gasteiger partial charge is 0.443 e. The number of halogens is 1. The zero-order valence-electron chi connectivity index (χ0n) is 14.8. The molecular formula is C20H20IN5O. The zero-order chi connectivity index (χ0) is 18.5. The van der Waals surface area contributed by atoms with Crippen LogP contribution in [-0.4, -0.2) is 31.2 Å². The average Bonchev–Trinajstić information content (AvgIpc) is 3.24. The van der Waals surface area contributed by atoms with E-state index in [2.05, 4.69) is 72.3 Å². The molecular weight excluding hydrogens is 453 g/mol. The molecule has 7 heteroatoms. The second-order valence-electron chi connectivity index (χ2n) is 6.33. The molecule has 1 aromatic heterocycles. The molecule has 1 fully saturated rings. The van der Waals surface area contributed by atoms with Crippen LogP contribution in [0.5, 0.6) is 0 Å². The Morgan fingerprint density at radius 2 is 1.93 bits per heavy atom. The number of nitrogens with one attached hydrogen (secondary N) is 1. The second-order valence-corrected chi connectivity index (χ2v) is 7.50. The van der Waals surface area contributed by atoms with Gasteiger partial charge in [-0.3, -0.25) is 0 Å². The maximum absolute atomic E-state index is 5.36. The lowest BCUT2D eigenvalue weighted by Crippen LogP contribution is -2.43. The highest BCUT2D eigenvalue weighted by Crippen LogP contribution is 2.28. The minimum atomic E-state index is 0.572. The Balaban J connectivity index is 1.38. The van der Waals surface area contributed by atoms with E-state index in [0.717, 1.165) is 52.3 Å². The minimum Gasteiger partial charge on any atom is -0.443 e. The molecule has 0 spiro atoms. The molecule has 138 valence electrons. The van der Waals surface area contributed by atoms with E-state index in [-0.39, 0.29) is 0 Å². The third-order valence-electron chi connectivity index (χ3n) is 4.51. The van der Waals surface area contributed by atoms with Crippen LogP contribution in [0.1, 0.15) is 5.56 Å². The highest BCUT2D eigenvalue weighted by atomic mass is 127. The van der Waals surface area contributed by atoms with Crippen LogP contribution < -0.4 is 10.2 Å². The van der Waals surface area contributed by atoms with Gasteiger partial charge in [0.15, 0.2) is 12.2 Å². The molecule has 0 atom stereocenters. The Labute approximate surface area is 171 Å². The molecule has 0 aliphatic carbocycles. The van der Waals surface area contributed by atoms with E-state index in [1.807, 2.05) is 18.2 Å². The molecule has 6 nitrogen and oxygen atoms in total. The molecule has 1 aliphatic heterocycles. The molecule has 3 aromatic rings. The highest BCUT2D eigenvalue weighted by molar-refractivity contribution is 14.1. The summed E-state index contributed by atoms with van der Waals surface area (Å²) in [7, 11) is 0. The Morgan fingerprint density at radius 3 is 2.63 bits per heavy atom. The standard InChI is InChI=1S/C20H20IN5O/c21-19-11-16(3-6-18(19)20-13-23-14-27-20)25-24-12-15-1-4-17(5-2-15)26-9-7-22-8-10-26/h1-6,11,13-14,22H,7-10,12H2. The van der Waals surface area contributed by atoms with Crippen molar-refractivity contribution in [1.82, 2.24) is 10.3 Å². The molecule has 4 rings (SSSR count). The summed E-state index contributed by atoms with van der Waals surface area (Å²) >= 11 is 2.28. The predicted molar refractivity (Wildman–Crippen MR) is 114 cm³/mol. The van der Waals surface area contributed by atoms with Crippen molar-refractivity contribution >= 4 is 34.0 Å². The SMILES string of the molecule is Ic1cc(N=NCc2ccc(N3CCNCC3)cc2)ccc1-c1cnco1. The van der Waals surface area contributed by atoms with Gasteiger partial charge in [0.2, 0.25) is 0 Å². The molecule has 2 heterocycles. The van der Waals surface area contributed by atoms with E-state index in [1.54, 1.807) is 6.20 Å². The Bertz CT molecular complexity index is 903. The van der Waals surface area contributed by atoms with Crippen molar-refractivity contribution in [3.63, 3.8) is 0 Å². The molecule has 0 saturated carbocycles. The molecule has 27 heavy (non-hydrogen) atoms. The fourth-order valence-corrected chi connectivity index (χ4v) is 3.81. The third kappa shape index (κ3) is 4.54. The molecule has 1 aliphatic rings. The Hall–Kier alpha value is -2.26. The predicted octanol–water partition coefficient (Wildman–Crippen LogP) is 4.64. The molecule has 0 radical (unpaired) electrons. The number of benzene rings is 2. The van der Waals surface area contributed by atoms with Gasteiger partial charge in [-0.1, -0.05) is 12.1 Å². The van der Waals surface area contributed by atoms with Gasteiger partial charge in [0.1, 0.15) is 0 Å². The monoisotopic (exact) mass is 473 g/mol. The van der Waals surface area contributed by atoms with Gasteiger partial charge < -0.3 is 14.6 Å². The summed E-state index contributed by atoms with van der Waals surface area (Å²) in [6.45, 7) is 4.78. The highest BCUT2D eigenvalue weighted by Gasteiger charge is 2.10. The number of oxazole rings is 1. The van der Waals surface area contributed by atoms with Gasteiger partial charge in [0, 0.05) is 41.0 Å². The number of piperazine rings is 1. The van der Waals surface area contributed by atoms with Crippen molar-refractivity contribution in [1.29, 1.82) is 0 Å². The van der Waals surface area contributed by atoms with Crippen LogP contribution in [0.4, 0.5) is 11.4 Å². The average molecular weight is 473 g/mol. The van der Waals surface area contributed by atoms with E-state index < -0.39 is 0 Å². The van der Waals surface area contributed by atoms with Crippen molar-refractivity contribution in [2.24, 2.45) is 10.2 Å². The van der Waals surface area contributed by atoms with Crippen molar-refractivity contribution in [2.75, 3.05) is 31.1 Å². The van der Waals surface area contributed by atoms with Crippen molar-refractivity contribution < 1.29 is 4.42 Å². The van der Waals surface area contributed by atoms with E-state index in [4.69, 9.17) is 4.42 Å². The fourth-order valence-electron chi connectivity index (χ4n) is 3.05. The normalized spacial score (nSPS) is 14.8. The molecule has 0 unspecified atom stereocenters. The number of aromatic nitrogens is 1. The van der Waals surface area contributed by atoms with Crippen LogP contribution in [0, 0.1) is 3.57 Å². The van der Waals surface area contributed by atoms with Crippen LogP contribution >= 0.6 is 22.6 Å². The summed E-state index contributed by atoms with van der Waals surface area (Å²) in [6, 6.07) is 14.5. The number of azo groups is 1. The summed E-state index contributed by atoms with van der Waals surface area (Å²) < 4.78 is 6.41. The first-order chi connectivity index (χ1) is 13.3. The van der Waals surface area contributed by atoms with Gasteiger partial charge in [0.05, 0.1) is 18.4 Å². The lowest BCUT2D eigenvalue weighted by molar-refractivity contribution is 0.571. The first kappa shape index (κ1) is 18.1. The van der Waals surface area contributed by atoms with Crippen LogP contribution in [0.2, 0.25) is 0 Å². The molecule has 2 aromatic carbocycles. The van der Waals surface area contributed by atoms with Gasteiger partial charge >= 0.3 is 0 Å². The molecule has 0 amide bonds. The first-order valence-electron chi connectivity index (χ1n) is 8.90. The number of hydrogen-bond donors (Lipinski definition) is 1. The van der Waals surface area contributed by atoms with Crippen molar-refractivity contribution in [2.45, 2.75) is 6.54 Å². The lowest BCUT2D eigenvalue weighted by atomic mass is 10.2. The third-order valence-corrected chi connectivity index (χ3v) is 5.40. The zero-order valence-corrected chi connectivity index (χ0v) is 17.0. The first-order valence-corrected chi connectivity index (χ1v) is 9.98. The van der Waals surface area contributed by atoms with Crippen LogP contribution in [0.25, 0.3) is 11.3 Å². The molecule has 1 N–H and O–H groups in total.